The quantitative estimate of drug-likeness (QED) is 0.0863. The van der Waals surface area contributed by atoms with Crippen molar-refractivity contribution in [2.24, 2.45) is 46.3 Å². The molecule has 8 heteroatoms. The van der Waals surface area contributed by atoms with Crippen molar-refractivity contribution in [3.63, 3.8) is 0 Å². The zero-order chi connectivity index (χ0) is 37.3. The Hall–Kier alpha value is -0.500. The lowest BCUT2D eigenvalue weighted by atomic mass is 9.44. The highest BCUT2D eigenvalue weighted by Crippen LogP contribution is 2.68. The van der Waals surface area contributed by atoms with E-state index in [0.29, 0.717) is 29.8 Å². The number of hydrogen-bond acceptors (Lipinski definition) is 2. The molecule has 0 aromatic rings. The lowest BCUT2D eigenvalue weighted by molar-refractivity contribution is -0.374. The summed E-state index contributed by atoms with van der Waals surface area (Å²) in [6.45, 7) is 9.96. The molecule has 2 nitrogen and oxygen atoms in total. The zero-order valence-corrected chi connectivity index (χ0v) is 33.0. The minimum atomic E-state index is -5.50. The van der Waals surface area contributed by atoms with Gasteiger partial charge in [0.2, 0.25) is 0 Å². The number of fused-ring (bicyclic) bond motifs is 5. The molecule has 4 fully saturated rings. The highest BCUT2D eigenvalue weighted by atomic mass is 19.4. The molecular formula is C43H74F6O2. The van der Waals surface area contributed by atoms with Crippen LogP contribution in [0.2, 0.25) is 0 Å². The Kier molecular flexibility index (Phi) is 16.0. The Morgan fingerprint density at radius 1 is 0.627 bits per heavy atom. The van der Waals surface area contributed by atoms with Crippen molar-refractivity contribution in [1.82, 2.24) is 0 Å². The van der Waals surface area contributed by atoms with Gasteiger partial charge in [-0.2, -0.15) is 26.3 Å². The zero-order valence-electron chi connectivity index (χ0n) is 33.0. The fourth-order valence-electron chi connectivity index (χ4n) is 11.9. The molecule has 0 aromatic heterocycles. The lowest BCUT2D eigenvalue weighted by Gasteiger charge is -2.61. The van der Waals surface area contributed by atoms with Gasteiger partial charge in [-0.1, -0.05) is 105 Å². The van der Waals surface area contributed by atoms with E-state index in [2.05, 4.69) is 32.4 Å². The van der Waals surface area contributed by atoms with Gasteiger partial charge in [0.05, 0.1) is 6.10 Å². The van der Waals surface area contributed by atoms with Crippen molar-refractivity contribution in [2.75, 3.05) is 13.2 Å². The van der Waals surface area contributed by atoms with Gasteiger partial charge in [0.25, 0.3) is 5.60 Å². The molecule has 9 atom stereocenters. The predicted molar refractivity (Wildman–Crippen MR) is 196 cm³/mol. The van der Waals surface area contributed by atoms with Crippen LogP contribution in [0.15, 0.2) is 0 Å². The minimum absolute atomic E-state index is 0.104. The van der Waals surface area contributed by atoms with Crippen LogP contribution in [-0.2, 0) is 9.47 Å². The normalized spacial score (nSPS) is 33.5. The Bertz CT molecular complexity index is 999. The van der Waals surface area contributed by atoms with Crippen LogP contribution in [0.25, 0.3) is 0 Å². The van der Waals surface area contributed by atoms with E-state index in [1.54, 1.807) is 0 Å². The van der Waals surface area contributed by atoms with Crippen LogP contribution in [0.1, 0.15) is 189 Å². The molecule has 0 saturated heterocycles. The van der Waals surface area contributed by atoms with Crippen molar-refractivity contribution >= 4 is 0 Å². The average Bonchev–Trinajstić information content (AvgIpc) is 3.43. The van der Waals surface area contributed by atoms with E-state index in [0.717, 1.165) is 30.8 Å². The van der Waals surface area contributed by atoms with E-state index in [1.165, 1.54) is 135 Å². The standard InChI is InChI=1S/C43H74F6O2/c1-6-7-8-9-10-11-12-13-14-15-16-17-18-29-50-34-25-27-39(3)33(31-34)21-22-35-37-24-23-36(40(37,4)28-26-38(35)39)32(2)20-19-30-51-41(5,42(44,45)46)43(47,48)49/h32-38H,6-31H2,1-5H3. The van der Waals surface area contributed by atoms with Crippen molar-refractivity contribution in [3.8, 4) is 0 Å². The maximum Gasteiger partial charge on any atom is 0.426 e. The Balaban J connectivity index is 1.15. The molecule has 51 heavy (non-hydrogen) atoms. The Morgan fingerprint density at radius 3 is 1.76 bits per heavy atom. The van der Waals surface area contributed by atoms with E-state index in [1.807, 2.05) is 0 Å². The highest BCUT2D eigenvalue weighted by molar-refractivity contribution is 5.10. The number of halogens is 6. The first-order valence-corrected chi connectivity index (χ1v) is 21.5. The lowest BCUT2D eigenvalue weighted by Crippen LogP contribution is -2.56. The van der Waals surface area contributed by atoms with E-state index >= 15 is 0 Å². The number of rotatable bonds is 21. The molecule has 0 heterocycles. The fourth-order valence-corrected chi connectivity index (χ4v) is 11.9. The summed E-state index contributed by atoms with van der Waals surface area (Å²) >= 11 is 0. The number of hydrogen-bond donors (Lipinski definition) is 0. The van der Waals surface area contributed by atoms with Gasteiger partial charge in [0.15, 0.2) is 0 Å². The molecule has 0 bridgehead atoms. The van der Waals surface area contributed by atoms with E-state index in [4.69, 9.17) is 4.74 Å². The summed E-state index contributed by atoms with van der Waals surface area (Å²) in [6.07, 6.45) is 19.0. The first-order valence-electron chi connectivity index (χ1n) is 21.5. The molecule has 4 rings (SSSR count). The van der Waals surface area contributed by atoms with Gasteiger partial charge in [-0.15, -0.1) is 0 Å². The Morgan fingerprint density at radius 2 is 1.18 bits per heavy atom. The van der Waals surface area contributed by atoms with E-state index in [9.17, 15) is 26.3 Å². The van der Waals surface area contributed by atoms with Gasteiger partial charge in [-0.25, -0.2) is 0 Å². The monoisotopic (exact) mass is 737 g/mol. The van der Waals surface area contributed by atoms with Crippen molar-refractivity contribution < 1.29 is 35.8 Å². The number of alkyl halides is 6. The third kappa shape index (κ3) is 10.4. The molecule has 4 saturated carbocycles. The number of ether oxygens (including phenoxy) is 2. The van der Waals surface area contributed by atoms with Crippen molar-refractivity contribution in [1.29, 1.82) is 0 Å². The summed E-state index contributed by atoms with van der Waals surface area (Å²) in [6, 6.07) is 0. The Labute approximate surface area is 307 Å². The topological polar surface area (TPSA) is 18.5 Å². The van der Waals surface area contributed by atoms with Crippen LogP contribution < -0.4 is 0 Å². The second-order valence-electron chi connectivity index (χ2n) is 18.4. The second kappa shape index (κ2) is 18.9. The molecule has 4 aliphatic rings. The van der Waals surface area contributed by atoms with Crippen molar-refractivity contribution in [3.05, 3.63) is 0 Å². The van der Waals surface area contributed by atoms with Gasteiger partial charge >= 0.3 is 12.4 Å². The van der Waals surface area contributed by atoms with Crippen LogP contribution >= 0.6 is 0 Å². The summed E-state index contributed by atoms with van der Waals surface area (Å²) < 4.78 is 90.6. The van der Waals surface area contributed by atoms with Crippen LogP contribution in [-0.4, -0.2) is 37.3 Å². The fraction of sp³-hybridized carbons (Fsp3) is 1.00. The average molecular weight is 737 g/mol. The molecule has 9 unspecified atom stereocenters. The third-order valence-corrected chi connectivity index (χ3v) is 15.3. The summed E-state index contributed by atoms with van der Waals surface area (Å²) in [7, 11) is 0. The predicted octanol–water partition coefficient (Wildman–Crippen LogP) is 14.4. The van der Waals surface area contributed by atoms with Gasteiger partial charge in [-0.05, 0) is 130 Å². The van der Waals surface area contributed by atoms with Crippen molar-refractivity contribution in [2.45, 2.75) is 213 Å². The van der Waals surface area contributed by atoms with E-state index in [-0.39, 0.29) is 24.7 Å². The second-order valence-corrected chi connectivity index (χ2v) is 18.4. The molecule has 4 aliphatic carbocycles. The highest BCUT2D eigenvalue weighted by Gasteiger charge is 2.69. The van der Waals surface area contributed by atoms with Crippen LogP contribution in [0.5, 0.6) is 0 Å². The smallest absolute Gasteiger partial charge is 0.378 e. The number of unbranched alkanes of at least 4 members (excludes halogenated alkanes) is 12. The van der Waals surface area contributed by atoms with E-state index < -0.39 is 24.6 Å². The molecule has 0 amide bonds. The molecule has 0 aromatic carbocycles. The van der Waals surface area contributed by atoms with Crippen LogP contribution in [0.4, 0.5) is 26.3 Å². The van der Waals surface area contributed by atoms with Crippen LogP contribution in [0, 0.1) is 46.3 Å². The maximum absolute atomic E-state index is 13.3. The SMILES string of the molecule is CCCCCCCCCCCCCCCOC1CCC2(C)C(CCC3C2CCC2(C)C(C(C)CCCOC(C)(C(F)(F)F)C(F)(F)F)CCC32)C1. The summed E-state index contributed by atoms with van der Waals surface area (Å²) in [5, 5.41) is 0. The van der Waals surface area contributed by atoms with Gasteiger partial charge < -0.3 is 9.47 Å². The summed E-state index contributed by atoms with van der Waals surface area (Å²) in [5.41, 5.74) is -3.55. The molecule has 300 valence electrons. The maximum atomic E-state index is 13.3. The van der Waals surface area contributed by atoms with Gasteiger partial charge in [0.1, 0.15) is 0 Å². The molecule has 0 spiro atoms. The minimum Gasteiger partial charge on any atom is -0.378 e. The first-order chi connectivity index (χ1) is 24.1. The first kappa shape index (κ1) is 43.2. The van der Waals surface area contributed by atoms with Crippen LogP contribution in [0.3, 0.4) is 0 Å². The summed E-state index contributed by atoms with van der Waals surface area (Å²) in [5.74, 6) is 3.59. The molecule has 0 radical (unpaired) electrons. The molecule has 0 N–H and O–H groups in total. The summed E-state index contributed by atoms with van der Waals surface area (Å²) in [4.78, 5) is 0. The van der Waals surface area contributed by atoms with Gasteiger partial charge in [-0.3, -0.25) is 0 Å². The van der Waals surface area contributed by atoms with Gasteiger partial charge in [0, 0.05) is 13.2 Å². The third-order valence-electron chi connectivity index (χ3n) is 15.3. The molecular weight excluding hydrogens is 662 g/mol. The molecule has 0 aliphatic heterocycles. The largest absolute Gasteiger partial charge is 0.426 e.